The third-order valence-corrected chi connectivity index (χ3v) is 7.35. The van der Waals surface area contributed by atoms with E-state index in [0.717, 1.165) is 23.9 Å². The highest BCUT2D eigenvalue weighted by Gasteiger charge is 2.49. The molecule has 0 spiro atoms. The van der Waals surface area contributed by atoms with E-state index in [0.29, 0.717) is 39.8 Å². The van der Waals surface area contributed by atoms with Crippen LogP contribution in [0.2, 0.25) is 5.02 Å². The Labute approximate surface area is 198 Å². The number of rotatable bonds is 4. The van der Waals surface area contributed by atoms with Crippen molar-refractivity contribution in [2.24, 2.45) is 21.1 Å². The molecule has 2 heterocycles. The van der Waals surface area contributed by atoms with Crippen molar-refractivity contribution in [1.82, 2.24) is 9.47 Å². The predicted molar refractivity (Wildman–Crippen MR) is 130 cm³/mol. The van der Waals surface area contributed by atoms with Gasteiger partial charge in [-0.25, -0.2) is 0 Å². The molecule has 2 bridgehead atoms. The van der Waals surface area contributed by atoms with E-state index in [-0.39, 0.29) is 5.88 Å². The number of hydrogen-bond donors (Lipinski definition) is 1. The highest BCUT2D eigenvalue weighted by Crippen LogP contribution is 2.53. The van der Waals surface area contributed by atoms with E-state index >= 15 is 0 Å². The molecule has 7 heteroatoms. The molecule has 1 aliphatic carbocycles. The van der Waals surface area contributed by atoms with E-state index < -0.39 is 5.91 Å². The fourth-order valence-electron chi connectivity index (χ4n) is 6.18. The maximum Gasteiger partial charge on any atom is 0.295 e. The lowest BCUT2D eigenvalue weighted by Crippen LogP contribution is -2.35. The molecule has 2 fully saturated rings. The zero-order valence-corrected chi connectivity index (χ0v) is 20.0. The van der Waals surface area contributed by atoms with Gasteiger partial charge in [0.15, 0.2) is 5.69 Å². The Balaban J connectivity index is 1.46. The Bertz CT molecular complexity index is 1250. The van der Waals surface area contributed by atoms with E-state index in [2.05, 4.69) is 35.9 Å². The minimum absolute atomic E-state index is 0.0368. The molecule has 6 nitrogen and oxygen atoms in total. The number of nitrogens with zero attached hydrogens (tertiary/aromatic N) is 4. The van der Waals surface area contributed by atoms with Gasteiger partial charge >= 0.3 is 0 Å². The van der Waals surface area contributed by atoms with Crippen molar-refractivity contribution in [3.63, 3.8) is 0 Å². The van der Waals surface area contributed by atoms with Gasteiger partial charge in [0.05, 0.1) is 12.2 Å². The molecule has 1 aromatic heterocycles. The summed E-state index contributed by atoms with van der Waals surface area (Å²) in [7, 11) is 0. The molecule has 1 saturated heterocycles. The van der Waals surface area contributed by atoms with Crippen LogP contribution >= 0.6 is 11.6 Å². The zero-order chi connectivity index (χ0) is 23.4. The van der Waals surface area contributed by atoms with Gasteiger partial charge in [-0.05, 0) is 60.4 Å². The lowest BCUT2D eigenvalue weighted by molar-refractivity contribution is 0.0995. The number of amides is 1. The van der Waals surface area contributed by atoms with Gasteiger partial charge in [-0.3, -0.25) is 14.3 Å². The van der Waals surface area contributed by atoms with Crippen LogP contribution in [0.5, 0.6) is 5.88 Å². The van der Waals surface area contributed by atoms with Crippen molar-refractivity contribution in [1.29, 1.82) is 0 Å². The molecule has 0 radical (unpaired) electrons. The van der Waals surface area contributed by atoms with Gasteiger partial charge in [0.25, 0.3) is 5.91 Å². The van der Waals surface area contributed by atoms with E-state index in [1.54, 1.807) is 24.3 Å². The standard InChI is InChI=1S/C26H29ClN4O2/c1-25(2)12-19-13-26(3,14-25)15-30(19)16-31-21-7-5-4-6-20(21)22(24(31)33)28-29-23(32)17-8-10-18(27)11-9-17/h4-11,19,33H,12-16H2,1-3H3/t19-,26+/m1/s1. The first kappa shape index (κ1) is 22.1. The SMILES string of the molecule is CC1(C)C[C@@H]2C[C@](C)(CN2Cn2c(O)c(N=NC(=O)c3ccc(Cl)cc3)c3ccccc32)C1. The highest BCUT2D eigenvalue weighted by atomic mass is 35.5. The van der Waals surface area contributed by atoms with E-state index in [1.807, 2.05) is 28.8 Å². The number of hydrogen-bond acceptors (Lipinski definition) is 4. The van der Waals surface area contributed by atoms with Crippen LogP contribution < -0.4 is 0 Å². The number of fused-ring (bicyclic) bond motifs is 3. The molecule has 1 saturated carbocycles. The molecular weight excluding hydrogens is 436 g/mol. The van der Waals surface area contributed by atoms with Gasteiger partial charge in [0.1, 0.15) is 0 Å². The monoisotopic (exact) mass is 464 g/mol. The Morgan fingerprint density at radius 1 is 1.12 bits per heavy atom. The van der Waals surface area contributed by atoms with Crippen LogP contribution in [0.25, 0.3) is 10.9 Å². The van der Waals surface area contributed by atoms with Crippen LogP contribution in [0, 0.1) is 10.8 Å². The second-order valence-corrected chi connectivity index (χ2v) is 11.2. The molecule has 5 rings (SSSR count). The lowest BCUT2D eigenvalue weighted by atomic mass is 9.65. The molecule has 3 aromatic rings. The first-order valence-corrected chi connectivity index (χ1v) is 11.8. The molecule has 1 aliphatic heterocycles. The predicted octanol–water partition coefficient (Wildman–Crippen LogP) is 6.78. The minimum atomic E-state index is -0.480. The third-order valence-electron chi connectivity index (χ3n) is 7.10. The summed E-state index contributed by atoms with van der Waals surface area (Å²) in [4.78, 5) is 15.0. The fourth-order valence-corrected chi connectivity index (χ4v) is 6.31. The number of aromatic nitrogens is 1. The third kappa shape index (κ3) is 4.18. The number of azo groups is 1. The van der Waals surface area contributed by atoms with Gasteiger partial charge in [-0.2, -0.15) is 0 Å². The molecule has 33 heavy (non-hydrogen) atoms. The lowest BCUT2D eigenvalue weighted by Gasteiger charge is -2.40. The summed E-state index contributed by atoms with van der Waals surface area (Å²) in [5.41, 5.74) is 2.23. The Morgan fingerprint density at radius 2 is 1.85 bits per heavy atom. The molecule has 1 N–H and O–H groups in total. The van der Waals surface area contributed by atoms with Crippen molar-refractivity contribution < 1.29 is 9.90 Å². The average molecular weight is 465 g/mol. The summed E-state index contributed by atoms with van der Waals surface area (Å²) in [5.74, 6) is -0.443. The number of aromatic hydroxyl groups is 1. The topological polar surface area (TPSA) is 70.2 Å². The summed E-state index contributed by atoms with van der Waals surface area (Å²) in [6.07, 6.45) is 3.57. The van der Waals surface area contributed by atoms with E-state index in [4.69, 9.17) is 11.6 Å². The fraction of sp³-hybridized carbons (Fsp3) is 0.423. The first-order chi connectivity index (χ1) is 15.6. The van der Waals surface area contributed by atoms with Crippen molar-refractivity contribution in [3.05, 3.63) is 59.1 Å². The Kier molecular flexibility index (Phi) is 5.33. The van der Waals surface area contributed by atoms with Gasteiger partial charge in [-0.1, -0.05) is 50.6 Å². The van der Waals surface area contributed by atoms with Crippen LogP contribution in [0.1, 0.15) is 50.4 Å². The molecule has 172 valence electrons. The second kappa shape index (κ2) is 7.96. The number of para-hydroxylation sites is 1. The van der Waals surface area contributed by atoms with Crippen molar-refractivity contribution in [3.8, 4) is 5.88 Å². The van der Waals surface area contributed by atoms with E-state index in [9.17, 15) is 9.90 Å². The summed E-state index contributed by atoms with van der Waals surface area (Å²) in [6, 6.07) is 14.7. The number of likely N-dealkylation sites (tertiary alicyclic amines) is 1. The Morgan fingerprint density at radius 3 is 2.61 bits per heavy atom. The quantitative estimate of drug-likeness (QED) is 0.432. The normalized spacial score (nSPS) is 24.7. The Hall–Kier alpha value is -2.70. The largest absolute Gasteiger partial charge is 0.493 e. The minimum Gasteiger partial charge on any atom is -0.493 e. The smallest absolute Gasteiger partial charge is 0.295 e. The molecule has 0 unspecified atom stereocenters. The van der Waals surface area contributed by atoms with Gasteiger partial charge in [0, 0.05) is 28.6 Å². The van der Waals surface area contributed by atoms with Crippen LogP contribution in [0.4, 0.5) is 5.69 Å². The van der Waals surface area contributed by atoms with Gasteiger partial charge in [-0.15, -0.1) is 10.2 Å². The molecule has 2 atom stereocenters. The first-order valence-electron chi connectivity index (χ1n) is 11.4. The zero-order valence-electron chi connectivity index (χ0n) is 19.3. The molecular formula is C26H29ClN4O2. The molecule has 2 aliphatic rings. The van der Waals surface area contributed by atoms with Crippen LogP contribution in [0.3, 0.4) is 0 Å². The summed E-state index contributed by atoms with van der Waals surface area (Å²) < 4.78 is 1.90. The molecule has 2 aromatic carbocycles. The van der Waals surface area contributed by atoms with Crippen LogP contribution in [-0.2, 0) is 6.67 Å². The van der Waals surface area contributed by atoms with Crippen LogP contribution in [-0.4, -0.2) is 33.1 Å². The maximum absolute atomic E-state index is 12.5. The average Bonchev–Trinajstić information content (AvgIpc) is 3.15. The molecule has 1 amide bonds. The van der Waals surface area contributed by atoms with Gasteiger partial charge in [0.2, 0.25) is 5.88 Å². The number of benzene rings is 2. The van der Waals surface area contributed by atoms with Gasteiger partial charge < -0.3 is 5.11 Å². The number of halogens is 1. The van der Waals surface area contributed by atoms with Crippen LogP contribution in [0.15, 0.2) is 58.8 Å². The van der Waals surface area contributed by atoms with E-state index in [1.165, 1.54) is 12.8 Å². The summed E-state index contributed by atoms with van der Waals surface area (Å²) in [6.45, 7) is 8.71. The number of carbonyl (C=O) groups is 1. The summed E-state index contributed by atoms with van der Waals surface area (Å²) >= 11 is 5.90. The summed E-state index contributed by atoms with van der Waals surface area (Å²) in [5, 5.41) is 20.6. The maximum atomic E-state index is 12.5. The van der Waals surface area contributed by atoms with Crippen molar-refractivity contribution in [2.45, 2.75) is 52.7 Å². The highest BCUT2D eigenvalue weighted by molar-refractivity contribution is 6.30. The second-order valence-electron chi connectivity index (χ2n) is 10.7. The number of carbonyl (C=O) groups excluding carboxylic acids is 1. The van der Waals surface area contributed by atoms with Crippen molar-refractivity contribution in [2.75, 3.05) is 6.54 Å². The van der Waals surface area contributed by atoms with Crippen molar-refractivity contribution >= 4 is 34.1 Å².